The zero-order chi connectivity index (χ0) is 46.6. The largest absolute Gasteiger partial charge is 0.297 e. The maximum atomic E-state index is 14.5. The maximum Gasteiger partial charge on any atom is 0.160 e. The summed E-state index contributed by atoms with van der Waals surface area (Å²) in [7, 11) is 0. The van der Waals surface area contributed by atoms with E-state index in [0.717, 1.165) is 84.9 Å². The number of hydrogen-bond donors (Lipinski definition) is 0. The van der Waals surface area contributed by atoms with Crippen LogP contribution in [0.25, 0.3) is 70.8 Å². The summed E-state index contributed by atoms with van der Waals surface area (Å²) in [6.45, 7) is 12.2. The molecule has 7 heteroatoms. The lowest BCUT2D eigenvalue weighted by Crippen LogP contribution is -1.86. The molecule has 1 nitrogen and oxygen atoms in total. The SMILES string of the molecule is C=Cc1ccc(-c2ccc(-c3ccc(CC)cc3)cc2F)s1.CCc1ccc(-c2ccc(-c3ccc(C=O)s3)c(F)c2)cc1.CCc1ccc(-c2ccc(-c3ccc(CC)s3)c(F)c2)cc1. The molecule has 6 aromatic carbocycles. The van der Waals surface area contributed by atoms with Crippen LogP contribution in [-0.4, -0.2) is 6.29 Å². The fraction of sp³-hybridized carbons (Fsp3) is 0.136. The second kappa shape index (κ2) is 22.7. The average molecular weight is 929 g/mol. The van der Waals surface area contributed by atoms with E-state index in [1.165, 1.54) is 32.9 Å². The van der Waals surface area contributed by atoms with E-state index in [4.69, 9.17) is 0 Å². The van der Waals surface area contributed by atoms with Crippen molar-refractivity contribution in [2.45, 2.75) is 53.4 Å². The van der Waals surface area contributed by atoms with Crippen molar-refractivity contribution in [2.24, 2.45) is 0 Å². The van der Waals surface area contributed by atoms with Crippen LogP contribution in [0.2, 0.25) is 0 Å². The van der Waals surface area contributed by atoms with E-state index in [1.54, 1.807) is 65.1 Å². The van der Waals surface area contributed by atoms with Crippen molar-refractivity contribution < 1.29 is 18.0 Å². The fourth-order valence-electron chi connectivity index (χ4n) is 7.36. The number of carbonyl (C=O) groups excluding carboxylic acids is 1. The first-order valence-electron chi connectivity index (χ1n) is 22.2. The Morgan fingerprint density at radius 2 is 0.727 bits per heavy atom. The van der Waals surface area contributed by atoms with Gasteiger partial charge in [-0.25, -0.2) is 13.2 Å². The van der Waals surface area contributed by atoms with Crippen LogP contribution in [0.15, 0.2) is 170 Å². The molecular formula is C59H51F3OS3. The third-order valence-corrected chi connectivity index (χ3v) is 14.8. The van der Waals surface area contributed by atoms with Gasteiger partial charge in [-0.2, -0.15) is 0 Å². The van der Waals surface area contributed by atoms with Crippen LogP contribution in [0.3, 0.4) is 0 Å². The second-order valence-electron chi connectivity index (χ2n) is 15.6. The number of rotatable bonds is 12. The summed E-state index contributed by atoms with van der Waals surface area (Å²) in [5.74, 6) is -0.604. The minimum absolute atomic E-state index is 0.151. The van der Waals surface area contributed by atoms with Crippen LogP contribution in [-0.2, 0) is 25.7 Å². The van der Waals surface area contributed by atoms with E-state index >= 15 is 0 Å². The molecular weight excluding hydrogens is 878 g/mol. The van der Waals surface area contributed by atoms with E-state index in [0.29, 0.717) is 21.6 Å². The topological polar surface area (TPSA) is 17.1 Å². The standard InChI is InChI=1S/C20H19FS.C20H17FS.C19H15FOS/c2*1-3-14-5-7-15(8-6-14)16-9-11-18(19(21)13-16)20-12-10-17(4-2)22-20;1-2-13-3-5-14(6-4-13)15-7-9-17(18(20)11-15)19-10-8-16(12-21)22-19/h5-13H,3-4H2,1-2H3;4-13H,2-3H2,1H3;3-12H,2H2,1H3. The lowest BCUT2D eigenvalue weighted by molar-refractivity contribution is 0.112. The van der Waals surface area contributed by atoms with Gasteiger partial charge in [-0.05, 0) is 149 Å². The molecule has 0 aliphatic heterocycles. The zero-order valence-corrected chi connectivity index (χ0v) is 40.0. The highest BCUT2D eigenvalue weighted by Crippen LogP contribution is 2.36. The molecule has 9 rings (SSSR count). The molecule has 0 N–H and O–H groups in total. The van der Waals surface area contributed by atoms with E-state index in [2.05, 4.69) is 88.9 Å². The highest BCUT2D eigenvalue weighted by molar-refractivity contribution is 7.17. The molecule has 3 heterocycles. The summed E-state index contributed by atoms with van der Waals surface area (Å²) < 4.78 is 43.3. The molecule has 0 aliphatic carbocycles. The number of aldehydes is 1. The second-order valence-corrected chi connectivity index (χ2v) is 19.0. The van der Waals surface area contributed by atoms with Gasteiger partial charge in [0.05, 0.1) is 4.88 Å². The normalized spacial score (nSPS) is 10.7. The Labute approximate surface area is 399 Å². The molecule has 0 fully saturated rings. The van der Waals surface area contributed by atoms with Gasteiger partial charge in [0.1, 0.15) is 17.5 Å². The Kier molecular flexibility index (Phi) is 16.4. The molecule has 0 saturated heterocycles. The highest BCUT2D eigenvalue weighted by atomic mass is 32.1. The number of aryl methyl sites for hydroxylation is 4. The number of thiophene rings is 3. The molecule has 0 aliphatic rings. The third-order valence-electron chi connectivity index (χ3n) is 11.4. The molecule has 0 spiro atoms. The van der Waals surface area contributed by atoms with Gasteiger partial charge in [-0.15, -0.1) is 34.0 Å². The first kappa shape index (κ1) is 47.6. The quantitative estimate of drug-likeness (QED) is 0.112. The van der Waals surface area contributed by atoms with Gasteiger partial charge in [0.25, 0.3) is 0 Å². The predicted octanol–water partition coefficient (Wildman–Crippen LogP) is 18.4. The van der Waals surface area contributed by atoms with Gasteiger partial charge in [0.15, 0.2) is 6.29 Å². The maximum absolute atomic E-state index is 14.5. The molecule has 9 aromatic rings. The monoisotopic (exact) mass is 928 g/mol. The Morgan fingerprint density at radius 3 is 1.02 bits per heavy atom. The Morgan fingerprint density at radius 1 is 0.394 bits per heavy atom. The lowest BCUT2D eigenvalue weighted by atomic mass is 10.0. The van der Waals surface area contributed by atoms with Gasteiger partial charge >= 0.3 is 0 Å². The van der Waals surface area contributed by atoms with Crippen LogP contribution in [0.5, 0.6) is 0 Å². The van der Waals surface area contributed by atoms with Crippen molar-refractivity contribution in [1.82, 2.24) is 0 Å². The van der Waals surface area contributed by atoms with E-state index in [9.17, 15) is 18.0 Å². The first-order chi connectivity index (χ1) is 32.1. The molecule has 0 saturated carbocycles. The Bertz CT molecular complexity index is 2890. The minimum Gasteiger partial charge on any atom is -0.297 e. The van der Waals surface area contributed by atoms with Crippen LogP contribution in [0.4, 0.5) is 13.2 Å². The molecule has 3 aromatic heterocycles. The summed E-state index contributed by atoms with van der Waals surface area (Å²) >= 11 is 4.51. The smallest absolute Gasteiger partial charge is 0.160 e. The third kappa shape index (κ3) is 11.7. The molecule has 332 valence electrons. The Balaban J connectivity index is 0.000000147. The van der Waals surface area contributed by atoms with Crippen LogP contribution in [0.1, 0.15) is 63.8 Å². The predicted molar refractivity (Wildman–Crippen MR) is 278 cm³/mol. The molecule has 66 heavy (non-hydrogen) atoms. The summed E-state index contributed by atoms with van der Waals surface area (Å²) in [6.07, 6.45) is 6.59. The summed E-state index contributed by atoms with van der Waals surface area (Å²) in [4.78, 5) is 16.4. The van der Waals surface area contributed by atoms with Crippen molar-refractivity contribution in [1.29, 1.82) is 0 Å². The fourth-order valence-corrected chi connectivity index (χ4v) is 10.1. The number of benzene rings is 6. The van der Waals surface area contributed by atoms with E-state index < -0.39 is 0 Å². The van der Waals surface area contributed by atoms with Crippen molar-refractivity contribution >= 4 is 46.4 Å². The van der Waals surface area contributed by atoms with Crippen molar-refractivity contribution in [3.05, 3.63) is 219 Å². The number of carbonyl (C=O) groups is 1. The molecule has 0 bridgehead atoms. The first-order valence-corrected chi connectivity index (χ1v) is 24.6. The van der Waals surface area contributed by atoms with Gasteiger partial charge in [-0.3, -0.25) is 4.79 Å². The van der Waals surface area contributed by atoms with E-state index in [-0.39, 0.29) is 17.5 Å². The minimum atomic E-state index is -0.267. The molecule has 0 amide bonds. The number of hydrogen-bond acceptors (Lipinski definition) is 4. The van der Waals surface area contributed by atoms with Crippen LogP contribution in [0, 0.1) is 17.5 Å². The molecule has 0 radical (unpaired) electrons. The van der Waals surface area contributed by atoms with E-state index in [1.807, 2.05) is 72.8 Å². The van der Waals surface area contributed by atoms with Crippen LogP contribution < -0.4 is 0 Å². The Hall–Kier alpha value is -6.38. The summed E-state index contributed by atoms with van der Waals surface area (Å²) in [5, 5.41) is 0. The average Bonchev–Trinajstić information content (AvgIpc) is 4.17. The van der Waals surface area contributed by atoms with Gasteiger partial charge in [0, 0.05) is 41.1 Å². The lowest BCUT2D eigenvalue weighted by Gasteiger charge is -2.06. The zero-order valence-electron chi connectivity index (χ0n) is 37.5. The van der Waals surface area contributed by atoms with Crippen molar-refractivity contribution in [3.8, 4) is 64.7 Å². The summed E-state index contributed by atoms with van der Waals surface area (Å²) in [5.41, 5.74) is 11.5. The van der Waals surface area contributed by atoms with Gasteiger partial charge in [0.2, 0.25) is 0 Å². The molecule has 0 atom stereocenters. The van der Waals surface area contributed by atoms with Crippen molar-refractivity contribution in [3.63, 3.8) is 0 Å². The van der Waals surface area contributed by atoms with Gasteiger partial charge < -0.3 is 0 Å². The van der Waals surface area contributed by atoms with Crippen molar-refractivity contribution in [2.75, 3.05) is 0 Å². The highest BCUT2D eigenvalue weighted by Gasteiger charge is 2.13. The molecule has 0 unspecified atom stereocenters. The van der Waals surface area contributed by atoms with Gasteiger partial charge in [-0.1, -0.05) is 131 Å². The van der Waals surface area contributed by atoms with Crippen LogP contribution >= 0.6 is 34.0 Å². The number of halogens is 3. The summed E-state index contributed by atoms with van der Waals surface area (Å²) in [6, 6.07) is 52.5.